The maximum Gasteiger partial charge on any atom is 0.325 e. The first-order valence-corrected chi connectivity index (χ1v) is 8.76. The van der Waals surface area contributed by atoms with Crippen molar-refractivity contribution in [3.05, 3.63) is 24.3 Å². The maximum atomic E-state index is 12.4. The summed E-state index contributed by atoms with van der Waals surface area (Å²) < 4.78 is 32.1. The maximum absolute atomic E-state index is 12.4. The summed E-state index contributed by atoms with van der Waals surface area (Å²) in [6.45, 7) is 4.62. The lowest BCUT2D eigenvalue weighted by Crippen LogP contribution is -2.52. The van der Waals surface area contributed by atoms with Crippen LogP contribution in [0.25, 0.3) is 0 Å². The number of amides is 1. The lowest BCUT2D eigenvalue weighted by atomic mass is 10.0. The van der Waals surface area contributed by atoms with Crippen molar-refractivity contribution in [3.8, 4) is 5.75 Å². The standard InChI is InChI=1S/C15H22N2O6S/c1-9(2)13(14(18)16-10(3)15(19)20)17-24(21,22)12-7-5-11(23-4)6-8-12/h5-10,13,17H,1-4H3,(H,16,18)(H,19,20)/t10-,13?/m0/s1. The minimum Gasteiger partial charge on any atom is -0.497 e. The molecule has 1 aromatic carbocycles. The molecule has 1 amide bonds. The minimum atomic E-state index is -3.94. The number of rotatable bonds is 8. The zero-order chi connectivity index (χ0) is 18.5. The first kappa shape index (κ1) is 19.9. The van der Waals surface area contributed by atoms with Gasteiger partial charge < -0.3 is 15.2 Å². The molecule has 0 radical (unpaired) electrons. The summed E-state index contributed by atoms with van der Waals surface area (Å²) in [5, 5.41) is 11.1. The number of benzene rings is 1. The number of hydrogen-bond donors (Lipinski definition) is 3. The molecule has 9 heteroatoms. The highest BCUT2D eigenvalue weighted by atomic mass is 32.2. The summed E-state index contributed by atoms with van der Waals surface area (Å²) in [6.07, 6.45) is 0. The number of methoxy groups -OCH3 is 1. The van der Waals surface area contributed by atoms with Crippen LogP contribution >= 0.6 is 0 Å². The van der Waals surface area contributed by atoms with Crippen LogP contribution in [-0.2, 0) is 19.6 Å². The number of ether oxygens (including phenoxy) is 1. The molecular weight excluding hydrogens is 336 g/mol. The molecule has 1 aromatic rings. The van der Waals surface area contributed by atoms with Crippen LogP contribution in [0, 0.1) is 5.92 Å². The Hall–Kier alpha value is -2.13. The summed E-state index contributed by atoms with van der Waals surface area (Å²) >= 11 is 0. The first-order valence-electron chi connectivity index (χ1n) is 7.28. The van der Waals surface area contributed by atoms with E-state index in [1.807, 2.05) is 0 Å². The number of carbonyl (C=O) groups excluding carboxylic acids is 1. The average molecular weight is 358 g/mol. The van der Waals surface area contributed by atoms with Crippen molar-refractivity contribution in [1.82, 2.24) is 10.0 Å². The molecule has 134 valence electrons. The van der Waals surface area contributed by atoms with E-state index in [9.17, 15) is 18.0 Å². The van der Waals surface area contributed by atoms with E-state index in [4.69, 9.17) is 9.84 Å². The van der Waals surface area contributed by atoms with Crippen molar-refractivity contribution in [2.45, 2.75) is 37.8 Å². The van der Waals surface area contributed by atoms with Crippen LogP contribution in [0.4, 0.5) is 0 Å². The SMILES string of the molecule is COc1ccc(S(=O)(=O)NC(C(=O)N[C@@H](C)C(=O)O)C(C)C)cc1. The van der Waals surface area contributed by atoms with Crippen molar-refractivity contribution in [2.75, 3.05) is 7.11 Å². The number of carboxylic acids is 1. The smallest absolute Gasteiger partial charge is 0.325 e. The van der Waals surface area contributed by atoms with Gasteiger partial charge in [0.05, 0.1) is 12.0 Å². The van der Waals surface area contributed by atoms with E-state index in [0.29, 0.717) is 5.75 Å². The van der Waals surface area contributed by atoms with E-state index in [0.717, 1.165) is 0 Å². The van der Waals surface area contributed by atoms with Gasteiger partial charge in [0, 0.05) is 0 Å². The number of carbonyl (C=O) groups is 2. The van der Waals surface area contributed by atoms with Crippen molar-refractivity contribution in [2.24, 2.45) is 5.92 Å². The van der Waals surface area contributed by atoms with Crippen molar-refractivity contribution in [1.29, 1.82) is 0 Å². The summed E-state index contributed by atoms with van der Waals surface area (Å²) in [5.41, 5.74) is 0. The van der Waals surface area contributed by atoms with Gasteiger partial charge in [0.1, 0.15) is 17.8 Å². The van der Waals surface area contributed by atoms with Gasteiger partial charge in [-0.15, -0.1) is 0 Å². The molecule has 24 heavy (non-hydrogen) atoms. The Morgan fingerprint density at radius 1 is 1.12 bits per heavy atom. The Bertz CT molecular complexity index is 684. The van der Waals surface area contributed by atoms with Crippen molar-refractivity contribution in [3.63, 3.8) is 0 Å². The van der Waals surface area contributed by atoms with Gasteiger partial charge in [-0.1, -0.05) is 13.8 Å². The molecule has 0 bridgehead atoms. The summed E-state index contributed by atoms with van der Waals surface area (Å²) in [6, 6.07) is 3.48. The Morgan fingerprint density at radius 3 is 2.08 bits per heavy atom. The van der Waals surface area contributed by atoms with Crippen molar-refractivity contribution < 1.29 is 27.9 Å². The van der Waals surface area contributed by atoms with E-state index in [1.165, 1.54) is 38.3 Å². The van der Waals surface area contributed by atoms with Gasteiger partial charge in [-0.25, -0.2) is 8.42 Å². The summed E-state index contributed by atoms with van der Waals surface area (Å²) in [5.74, 6) is -1.78. The Kier molecular flexibility index (Phi) is 6.73. The second-order valence-electron chi connectivity index (χ2n) is 5.59. The van der Waals surface area contributed by atoms with Crippen LogP contribution in [-0.4, -0.2) is 44.6 Å². The molecule has 0 aliphatic carbocycles. The van der Waals surface area contributed by atoms with E-state index in [-0.39, 0.29) is 10.8 Å². The molecule has 3 N–H and O–H groups in total. The molecule has 0 heterocycles. The molecule has 0 aromatic heterocycles. The zero-order valence-electron chi connectivity index (χ0n) is 13.9. The van der Waals surface area contributed by atoms with Gasteiger partial charge in [0.25, 0.3) is 0 Å². The Morgan fingerprint density at radius 2 is 1.67 bits per heavy atom. The average Bonchev–Trinajstić information content (AvgIpc) is 2.52. The van der Waals surface area contributed by atoms with E-state index >= 15 is 0 Å². The molecular formula is C15H22N2O6S. The lowest BCUT2D eigenvalue weighted by Gasteiger charge is -2.22. The molecule has 0 aliphatic heterocycles. The third-order valence-electron chi connectivity index (χ3n) is 3.33. The zero-order valence-corrected chi connectivity index (χ0v) is 14.8. The predicted molar refractivity (Wildman–Crippen MR) is 87.2 cm³/mol. The van der Waals surface area contributed by atoms with Crippen molar-refractivity contribution >= 4 is 21.9 Å². The second-order valence-corrected chi connectivity index (χ2v) is 7.30. The molecule has 8 nitrogen and oxygen atoms in total. The number of aliphatic carboxylic acids is 1. The largest absolute Gasteiger partial charge is 0.497 e. The van der Waals surface area contributed by atoms with Crippen LogP contribution in [0.1, 0.15) is 20.8 Å². The predicted octanol–water partition coefficient (Wildman–Crippen LogP) is 0.587. The first-order chi connectivity index (χ1) is 11.1. The van der Waals surface area contributed by atoms with Gasteiger partial charge >= 0.3 is 5.97 Å². The lowest BCUT2D eigenvalue weighted by molar-refractivity contribution is -0.141. The molecule has 2 atom stereocenters. The fraction of sp³-hybridized carbons (Fsp3) is 0.467. The minimum absolute atomic E-state index is 0.0203. The Labute approximate surface area is 141 Å². The van der Waals surface area contributed by atoms with Crippen LogP contribution in [0.2, 0.25) is 0 Å². The highest BCUT2D eigenvalue weighted by Crippen LogP contribution is 2.16. The molecule has 0 aliphatic rings. The molecule has 0 saturated carbocycles. The fourth-order valence-electron chi connectivity index (χ4n) is 1.85. The molecule has 1 rings (SSSR count). The third-order valence-corrected chi connectivity index (χ3v) is 4.79. The number of nitrogens with one attached hydrogen (secondary N) is 2. The van der Waals surface area contributed by atoms with Gasteiger partial charge in [-0.2, -0.15) is 4.72 Å². The summed E-state index contributed by atoms with van der Waals surface area (Å²) in [4.78, 5) is 23.0. The van der Waals surface area contributed by atoms with Crippen LogP contribution in [0.15, 0.2) is 29.2 Å². The number of carboxylic acid groups (broad SMARTS) is 1. The van der Waals surface area contributed by atoms with Gasteiger partial charge in [-0.3, -0.25) is 9.59 Å². The fourth-order valence-corrected chi connectivity index (χ4v) is 3.19. The van der Waals surface area contributed by atoms with Crippen LogP contribution in [0.3, 0.4) is 0 Å². The normalized spacial score (nSPS) is 14.0. The molecule has 0 saturated heterocycles. The molecule has 0 spiro atoms. The van der Waals surface area contributed by atoms with E-state index < -0.39 is 34.0 Å². The van der Waals surface area contributed by atoms with Crippen LogP contribution in [0.5, 0.6) is 5.75 Å². The number of sulfonamides is 1. The van der Waals surface area contributed by atoms with Gasteiger partial charge in [0.2, 0.25) is 15.9 Å². The summed E-state index contributed by atoms with van der Waals surface area (Å²) in [7, 11) is -2.48. The molecule has 0 fully saturated rings. The highest BCUT2D eigenvalue weighted by molar-refractivity contribution is 7.89. The topological polar surface area (TPSA) is 122 Å². The quantitative estimate of drug-likeness (QED) is 0.625. The monoisotopic (exact) mass is 358 g/mol. The van der Waals surface area contributed by atoms with Gasteiger partial charge in [-0.05, 0) is 37.1 Å². The van der Waals surface area contributed by atoms with E-state index in [1.54, 1.807) is 13.8 Å². The second kappa shape index (κ2) is 8.11. The van der Waals surface area contributed by atoms with E-state index in [2.05, 4.69) is 10.0 Å². The third kappa shape index (κ3) is 5.20. The van der Waals surface area contributed by atoms with Gasteiger partial charge in [0.15, 0.2) is 0 Å². The molecule has 1 unspecified atom stereocenters. The van der Waals surface area contributed by atoms with Crippen LogP contribution < -0.4 is 14.8 Å². The number of hydrogen-bond acceptors (Lipinski definition) is 5. The Balaban J connectivity index is 2.97. The highest BCUT2D eigenvalue weighted by Gasteiger charge is 2.30.